The minimum Gasteiger partial charge on any atom is -0.495 e. The van der Waals surface area contributed by atoms with E-state index in [-0.39, 0.29) is 35.2 Å². The highest BCUT2D eigenvalue weighted by atomic mass is 32.2. The summed E-state index contributed by atoms with van der Waals surface area (Å²) in [6.07, 6.45) is 0. The Kier molecular flexibility index (Phi) is 6.26. The zero-order valence-electron chi connectivity index (χ0n) is 17.1. The molecule has 1 aliphatic rings. The van der Waals surface area contributed by atoms with Crippen LogP contribution < -0.4 is 9.64 Å². The Bertz CT molecular complexity index is 1010. The molecule has 0 saturated carbocycles. The maximum absolute atomic E-state index is 13.1. The van der Waals surface area contributed by atoms with Crippen molar-refractivity contribution < 1.29 is 22.7 Å². The summed E-state index contributed by atoms with van der Waals surface area (Å²) in [5.74, 6) is -0.0868. The number of anilines is 1. The second-order valence-corrected chi connectivity index (χ2v) is 8.92. The van der Waals surface area contributed by atoms with Crippen LogP contribution in [0, 0.1) is 13.8 Å². The van der Waals surface area contributed by atoms with Gasteiger partial charge in [0.05, 0.1) is 20.3 Å². The summed E-state index contributed by atoms with van der Waals surface area (Å²) in [6, 6.07) is 10.3. The van der Waals surface area contributed by atoms with Crippen molar-refractivity contribution >= 4 is 21.6 Å². The van der Waals surface area contributed by atoms with E-state index in [0.29, 0.717) is 13.2 Å². The SMILES string of the molecule is COc1ccc(C(=O)N(C)c2ccc(C)c(C)c2)cc1S(=O)(=O)N1CCOCC1. The van der Waals surface area contributed by atoms with Crippen LogP contribution in [0.25, 0.3) is 0 Å². The monoisotopic (exact) mass is 418 g/mol. The van der Waals surface area contributed by atoms with E-state index in [4.69, 9.17) is 9.47 Å². The summed E-state index contributed by atoms with van der Waals surface area (Å²) in [6.45, 7) is 5.22. The molecule has 0 aliphatic carbocycles. The van der Waals surface area contributed by atoms with Gasteiger partial charge in [-0.3, -0.25) is 4.79 Å². The number of aryl methyl sites for hydroxylation is 2. The Labute approximate surface area is 171 Å². The Balaban J connectivity index is 1.97. The Hall–Kier alpha value is -2.42. The van der Waals surface area contributed by atoms with E-state index in [9.17, 15) is 13.2 Å². The fraction of sp³-hybridized carbons (Fsp3) is 0.381. The lowest BCUT2D eigenvalue weighted by atomic mass is 10.1. The summed E-state index contributed by atoms with van der Waals surface area (Å²) in [5, 5.41) is 0. The molecule has 7 nitrogen and oxygen atoms in total. The standard InChI is InChI=1S/C21H26N2O5S/c1-15-5-7-18(13-16(15)2)22(3)21(24)17-6-8-19(27-4)20(14-17)29(25,26)23-9-11-28-12-10-23/h5-8,13-14H,9-12H2,1-4H3. The summed E-state index contributed by atoms with van der Waals surface area (Å²) >= 11 is 0. The van der Waals surface area contributed by atoms with Gasteiger partial charge < -0.3 is 14.4 Å². The first-order valence-electron chi connectivity index (χ1n) is 9.37. The number of benzene rings is 2. The van der Waals surface area contributed by atoms with Gasteiger partial charge in [-0.1, -0.05) is 6.07 Å². The van der Waals surface area contributed by atoms with Crippen LogP contribution in [0.5, 0.6) is 5.75 Å². The predicted molar refractivity (Wildman–Crippen MR) is 111 cm³/mol. The first kappa shape index (κ1) is 21.3. The van der Waals surface area contributed by atoms with Gasteiger partial charge in [0, 0.05) is 31.4 Å². The van der Waals surface area contributed by atoms with Crippen LogP contribution >= 0.6 is 0 Å². The van der Waals surface area contributed by atoms with Crippen LogP contribution in [-0.2, 0) is 14.8 Å². The van der Waals surface area contributed by atoms with Crippen molar-refractivity contribution in [3.8, 4) is 5.75 Å². The number of methoxy groups -OCH3 is 1. The number of amides is 1. The average molecular weight is 419 g/mol. The van der Waals surface area contributed by atoms with E-state index in [0.717, 1.165) is 16.8 Å². The average Bonchev–Trinajstić information content (AvgIpc) is 2.74. The molecule has 29 heavy (non-hydrogen) atoms. The third-order valence-corrected chi connectivity index (χ3v) is 7.10. The number of carbonyl (C=O) groups is 1. The van der Waals surface area contributed by atoms with Gasteiger partial charge in [-0.05, 0) is 55.3 Å². The molecule has 0 N–H and O–H groups in total. The maximum Gasteiger partial charge on any atom is 0.258 e. The third kappa shape index (κ3) is 4.29. The van der Waals surface area contributed by atoms with Gasteiger partial charge in [-0.2, -0.15) is 4.31 Å². The van der Waals surface area contributed by atoms with Crippen LogP contribution in [0.2, 0.25) is 0 Å². The molecule has 1 aliphatic heterocycles. The number of nitrogens with zero attached hydrogens (tertiary/aromatic N) is 2. The number of morpholine rings is 1. The van der Waals surface area contributed by atoms with Crippen molar-refractivity contribution in [1.82, 2.24) is 4.31 Å². The van der Waals surface area contributed by atoms with E-state index in [1.165, 1.54) is 28.4 Å². The molecule has 2 aromatic rings. The van der Waals surface area contributed by atoms with E-state index in [1.54, 1.807) is 13.1 Å². The van der Waals surface area contributed by atoms with Gasteiger partial charge in [0.2, 0.25) is 10.0 Å². The number of hydrogen-bond donors (Lipinski definition) is 0. The number of sulfonamides is 1. The number of carbonyl (C=O) groups excluding carboxylic acids is 1. The molecule has 2 aromatic carbocycles. The zero-order valence-corrected chi connectivity index (χ0v) is 18.0. The molecule has 1 fully saturated rings. The van der Waals surface area contributed by atoms with Gasteiger partial charge in [0.25, 0.3) is 5.91 Å². The highest BCUT2D eigenvalue weighted by Crippen LogP contribution is 2.29. The van der Waals surface area contributed by atoms with Crippen LogP contribution in [0.1, 0.15) is 21.5 Å². The largest absolute Gasteiger partial charge is 0.495 e. The summed E-state index contributed by atoms with van der Waals surface area (Å²) in [7, 11) is -0.719. The van der Waals surface area contributed by atoms with Crippen molar-refractivity contribution in [3.63, 3.8) is 0 Å². The minimum absolute atomic E-state index is 0.0127. The van der Waals surface area contributed by atoms with Gasteiger partial charge in [-0.15, -0.1) is 0 Å². The van der Waals surface area contributed by atoms with Gasteiger partial charge in [0.15, 0.2) is 0 Å². The Morgan fingerprint density at radius 2 is 1.76 bits per heavy atom. The number of hydrogen-bond acceptors (Lipinski definition) is 5. The molecule has 0 aromatic heterocycles. The predicted octanol–water partition coefficient (Wildman–Crippen LogP) is 2.61. The van der Waals surface area contributed by atoms with Crippen molar-refractivity contribution in [3.05, 3.63) is 53.1 Å². The Morgan fingerprint density at radius 3 is 2.38 bits per heavy atom. The summed E-state index contributed by atoms with van der Waals surface area (Å²) in [5.41, 5.74) is 3.23. The highest BCUT2D eigenvalue weighted by Gasteiger charge is 2.30. The first-order valence-corrected chi connectivity index (χ1v) is 10.8. The van der Waals surface area contributed by atoms with Crippen LogP contribution in [0.15, 0.2) is 41.3 Å². The van der Waals surface area contributed by atoms with Crippen molar-refractivity contribution in [2.75, 3.05) is 45.4 Å². The Morgan fingerprint density at radius 1 is 1.07 bits per heavy atom. The topological polar surface area (TPSA) is 76.2 Å². The second-order valence-electron chi connectivity index (χ2n) is 7.01. The van der Waals surface area contributed by atoms with Crippen LogP contribution in [0.3, 0.4) is 0 Å². The lowest BCUT2D eigenvalue weighted by Gasteiger charge is -2.27. The number of rotatable bonds is 5. The third-order valence-electron chi connectivity index (χ3n) is 5.18. The minimum atomic E-state index is -3.81. The molecule has 1 amide bonds. The van der Waals surface area contributed by atoms with Crippen LogP contribution in [0.4, 0.5) is 5.69 Å². The molecule has 0 unspecified atom stereocenters. The van der Waals surface area contributed by atoms with E-state index >= 15 is 0 Å². The van der Waals surface area contributed by atoms with E-state index in [2.05, 4.69) is 0 Å². The molecule has 1 saturated heterocycles. The molecule has 0 atom stereocenters. The fourth-order valence-electron chi connectivity index (χ4n) is 3.18. The van der Waals surface area contributed by atoms with Crippen molar-refractivity contribution in [2.24, 2.45) is 0 Å². The van der Waals surface area contributed by atoms with Gasteiger partial charge in [-0.25, -0.2) is 8.42 Å². The summed E-state index contributed by atoms with van der Waals surface area (Å²) < 4.78 is 38.1. The van der Waals surface area contributed by atoms with Crippen molar-refractivity contribution in [1.29, 1.82) is 0 Å². The molecular formula is C21H26N2O5S. The number of ether oxygens (including phenoxy) is 2. The second kappa shape index (κ2) is 8.52. The van der Waals surface area contributed by atoms with Gasteiger partial charge >= 0.3 is 0 Å². The molecular weight excluding hydrogens is 392 g/mol. The first-order chi connectivity index (χ1) is 13.8. The fourth-order valence-corrected chi connectivity index (χ4v) is 4.77. The molecule has 0 radical (unpaired) electrons. The van der Waals surface area contributed by atoms with E-state index in [1.807, 2.05) is 32.0 Å². The lowest BCUT2D eigenvalue weighted by Crippen LogP contribution is -2.40. The zero-order chi connectivity index (χ0) is 21.2. The maximum atomic E-state index is 13.1. The molecule has 1 heterocycles. The van der Waals surface area contributed by atoms with Gasteiger partial charge in [0.1, 0.15) is 10.6 Å². The highest BCUT2D eigenvalue weighted by molar-refractivity contribution is 7.89. The molecule has 8 heteroatoms. The molecule has 0 spiro atoms. The normalized spacial score (nSPS) is 15.2. The molecule has 3 rings (SSSR count). The summed E-state index contributed by atoms with van der Waals surface area (Å²) in [4.78, 5) is 14.6. The molecule has 156 valence electrons. The van der Waals surface area contributed by atoms with E-state index < -0.39 is 10.0 Å². The van der Waals surface area contributed by atoms with Crippen molar-refractivity contribution in [2.45, 2.75) is 18.7 Å². The van der Waals surface area contributed by atoms with Crippen LogP contribution in [-0.4, -0.2) is 59.1 Å². The smallest absolute Gasteiger partial charge is 0.258 e. The molecule has 0 bridgehead atoms. The lowest BCUT2D eigenvalue weighted by molar-refractivity contribution is 0.0729. The quantitative estimate of drug-likeness (QED) is 0.746.